The normalized spacial score (nSPS) is 16.3. The second kappa shape index (κ2) is 5.54. The molecule has 4 heterocycles. The third-order valence-electron chi connectivity index (χ3n) is 4.95. The van der Waals surface area contributed by atoms with Gasteiger partial charge in [0.15, 0.2) is 0 Å². The van der Waals surface area contributed by atoms with Crippen molar-refractivity contribution >= 4 is 22.2 Å². The van der Waals surface area contributed by atoms with Crippen LogP contribution in [-0.2, 0) is 6.54 Å². The van der Waals surface area contributed by atoms with Gasteiger partial charge in [0.05, 0.1) is 28.2 Å². The summed E-state index contributed by atoms with van der Waals surface area (Å²) in [6.07, 6.45) is 0.910. The topological polar surface area (TPSA) is 83.5 Å². The maximum atomic E-state index is 12.6. The molecule has 4 aromatic rings. The smallest absolute Gasteiger partial charge is 0.326 e. The number of aromatic nitrogens is 4. The molecule has 0 saturated heterocycles. The van der Waals surface area contributed by atoms with Gasteiger partial charge in [0, 0.05) is 17.6 Å². The van der Waals surface area contributed by atoms with Gasteiger partial charge in [-0.25, -0.2) is 9.78 Å². The molecule has 0 fully saturated rings. The van der Waals surface area contributed by atoms with E-state index in [9.17, 15) is 9.59 Å². The Morgan fingerprint density at radius 1 is 1.19 bits per heavy atom. The molecule has 1 unspecified atom stereocenters. The number of benzene rings is 1. The lowest BCUT2D eigenvalue weighted by molar-refractivity contribution is 0.723. The molecule has 3 aromatic heterocycles. The molecule has 0 aliphatic carbocycles. The van der Waals surface area contributed by atoms with Crippen molar-refractivity contribution in [2.24, 2.45) is 0 Å². The summed E-state index contributed by atoms with van der Waals surface area (Å²) in [5.74, 6) is 0.0890. The van der Waals surface area contributed by atoms with Gasteiger partial charge in [-0.05, 0) is 18.9 Å². The highest BCUT2D eigenvalue weighted by atomic mass is 32.1. The van der Waals surface area contributed by atoms with Crippen molar-refractivity contribution in [1.82, 2.24) is 19.5 Å². The van der Waals surface area contributed by atoms with Gasteiger partial charge < -0.3 is 9.55 Å². The first-order chi connectivity index (χ1) is 12.6. The lowest BCUT2D eigenvalue weighted by atomic mass is 10.0. The first kappa shape index (κ1) is 15.3. The minimum absolute atomic E-state index is 0.0890. The molecule has 1 aromatic carbocycles. The van der Waals surface area contributed by atoms with Gasteiger partial charge >= 0.3 is 5.69 Å². The van der Waals surface area contributed by atoms with E-state index in [4.69, 9.17) is 0 Å². The fourth-order valence-corrected chi connectivity index (χ4v) is 4.89. The van der Waals surface area contributed by atoms with Crippen molar-refractivity contribution in [3.63, 3.8) is 0 Å². The van der Waals surface area contributed by atoms with E-state index in [1.165, 1.54) is 0 Å². The van der Waals surface area contributed by atoms with E-state index >= 15 is 0 Å². The molecule has 130 valence electrons. The number of thiazole rings is 1. The Bertz CT molecular complexity index is 1250. The van der Waals surface area contributed by atoms with Gasteiger partial charge in [-0.3, -0.25) is 9.78 Å². The number of H-pyrrole nitrogens is 2. The van der Waals surface area contributed by atoms with Crippen molar-refractivity contribution in [3.8, 4) is 11.3 Å². The summed E-state index contributed by atoms with van der Waals surface area (Å²) in [4.78, 5) is 34.5. The summed E-state index contributed by atoms with van der Waals surface area (Å²) >= 11 is 1.63. The van der Waals surface area contributed by atoms with Gasteiger partial charge in [0.1, 0.15) is 5.01 Å². The Kier molecular flexibility index (Phi) is 3.27. The minimum Gasteiger partial charge on any atom is -0.341 e. The molecule has 5 rings (SSSR count). The lowest BCUT2D eigenvalue weighted by Gasteiger charge is -2.06. The monoisotopic (exact) mass is 364 g/mol. The van der Waals surface area contributed by atoms with Crippen LogP contribution in [0.1, 0.15) is 28.7 Å². The standard InChI is InChI=1S/C19H16N4O2S/c1-10-9-26-18(20-10)12-7-8-23-15(11-5-3-2-4-6-11)13-14(16(12)23)21-19(25)22-17(13)24/h2-6,9,12H,7-8H2,1H3,(H2,21,22,24,25). The Morgan fingerprint density at radius 3 is 2.73 bits per heavy atom. The largest absolute Gasteiger partial charge is 0.341 e. The predicted molar refractivity (Wildman–Crippen MR) is 102 cm³/mol. The van der Waals surface area contributed by atoms with Crippen LogP contribution in [0.25, 0.3) is 22.2 Å². The van der Waals surface area contributed by atoms with E-state index in [1.54, 1.807) is 11.3 Å². The lowest BCUT2D eigenvalue weighted by Crippen LogP contribution is -2.22. The summed E-state index contributed by atoms with van der Waals surface area (Å²) in [5.41, 5.74) is 3.62. The molecule has 0 bridgehead atoms. The summed E-state index contributed by atoms with van der Waals surface area (Å²) in [6, 6.07) is 9.85. The molecule has 0 amide bonds. The molecular weight excluding hydrogens is 348 g/mol. The average molecular weight is 364 g/mol. The molecule has 0 saturated carbocycles. The van der Waals surface area contributed by atoms with E-state index in [0.717, 1.165) is 40.6 Å². The first-order valence-corrected chi connectivity index (χ1v) is 9.37. The van der Waals surface area contributed by atoms with E-state index in [0.29, 0.717) is 10.9 Å². The molecule has 1 aliphatic heterocycles. The number of fused-ring (bicyclic) bond motifs is 3. The maximum Gasteiger partial charge on any atom is 0.326 e. The Hall–Kier alpha value is -2.93. The van der Waals surface area contributed by atoms with Crippen LogP contribution in [0.5, 0.6) is 0 Å². The Labute approximate surface area is 152 Å². The maximum absolute atomic E-state index is 12.6. The van der Waals surface area contributed by atoms with Crippen LogP contribution < -0.4 is 11.2 Å². The summed E-state index contributed by atoms with van der Waals surface area (Å²) < 4.78 is 2.17. The zero-order valence-corrected chi connectivity index (χ0v) is 14.9. The number of aryl methyl sites for hydroxylation is 1. The third-order valence-corrected chi connectivity index (χ3v) is 6.03. The highest BCUT2D eigenvalue weighted by Crippen LogP contribution is 2.43. The van der Waals surface area contributed by atoms with E-state index in [2.05, 4.69) is 19.5 Å². The number of aromatic amines is 2. The van der Waals surface area contributed by atoms with Crippen LogP contribution in [-0.4, -0.2) is 19.5 Å². The number of hydrogen-bond donors (Lipinski definition) is 2. The molecule has 2 N–H and O–H groups in total. The highest BCUT2D eigenvalue weighted by molar-refractivity contribution is 7.09. The summed E-state index contributed by atoms with van der Waals surface area (Å²) in [5, 5.41) is 3.61. The zero-order chi connectivity index (χ0) is 17.8. The molecule has 1 aliphatic rings. The van der Waals surface area contributed by atoms with E-state index < -0.39 is 5.69 Å². The van der Waals surface area contributed by atoms with Crippen molar-refractivity contribution < 1.29 is 0 Å². The van der Waals surface area contributed by atoms with Crippen LogP contribution in [0.15, 0.2) is 45.3 Å². The van der Waals surface area contributed by atoms with Crippen LogP contribution in [0.3, 0.4) is 0 Å². The Balaban J connectivity index is 1.88. The summed E-state index contributed by atoms with van der Waals surface area (Å²) in [7, 11) is 0. The molecule has 1 atom stereocenters. The second-order valence-electron chi connectivity index (χ2n) is 6.58. The van der Waals surface area contributed by atoms with Gasteiger partial charge in [-0.15, -0.1) is 11.3 Å². The van der Waals surface area contributed by atoms with Gasteiger partial charge in [0.2, 0.25) is 0 Å². The SMILES string of the molecule is Cc1csc(C2CCn3c2c2[nH]c(=O)[nH]c(=O)c2c3-c2ccccc2)n1. The highest BCUT2D eigenvalue weighted by Gasteiger charge is 2.33. The average Bonchev–Trinajstić information content (AvgIpc) is 3.30. The minimum atomic E-state index is -0.475. The second-order valence-corrected chi connectivity index (χ2v) is 7.47. The van der Waals surface area contributed by atoms with Crippen molar-refractivity contribution in [2.75, 3.05) is 0 Å². The van der Waals surface area contributed by atoms with Crippen LogP contribution in [0, 0.1) is 6.92 Å². The fraction of sp³-hybridized carbons (Fsp3) is 0.211. The number of nitrogens with one attached hydrogen (secondary N) is 2. The van der Waals surface area contributed by atoms with E-state index in [1.807, 2.05) is 42.6 Å². The van der Waals surface area contributed by atoms with Gasteiger partial charge in [-0.2, -0.15) is 0 Å². The molecule has 0 radical (unpaired) electrons. The molecule has 7 heteroatoms. The third kappa shape index (κ3) is 2.13. The van der Waals surface area contributed by atoms with Gasteiger partial charge in [-0.1, -0.05) is 30.3 Å². The van der Waals surface area contributed by atoms with Crippen LogP contribution >= 0.6 is 11.3 Å². The summed E-state index contributed by atoms with van der Waals surface area (Å²) in [6.45, 7) is 2.77. The number of rotatable bonds is 2. The van der Waals surface area contributed by atoms with Crippen LogP contribution in [0.4, 0.5) is 0 Å². The first-order valence-electron chi connectivity index (χ1n) is 8.49. The predicted octanol–water partition coefficient (Wildman–Crippen LogP) is 2.99. The van der Waals surface area contributed by atoms with Crippen molar-refractivity contribution in [3.05, 3.63) is 72.9 Å². The zero-order valence-electron chi connectivity index (χ0n) is 14.1. The van der Waals surface area contributed by atoms with E-state index in [-0.39, 0.29) is 11.5 Å². The quantitative estimate of drug-likeness (QED) is 0.573. The molecule has 26 heavy (non-hydrogen) atoms. The Morgan fingerprint density at radius 2 is 2.00 bits per heavy atom. The molecule has 0 spiro atoms. The van der Waals surface area contributed by atoms with Gasteiger partial charge in [0.25, 0.3) is 5.56 Å². The molecular formula is C19H16N4O2S. The van der Waals surface area contributed by atoms with Crippen molar-refractivity contribution in [2.45, 2.75) is 25.8 Å². The molecule has 6 nitrogen and oxygen atoms in total. The number of hydrogen-bond acceptors (Lipinski definition) is 4. The van der Waals surface area contributed by atoms with Crippen LogP contribution in [0.2, 0.25) is 0 Å². The fourth-order valence-electron chi connectivity index (χ4n) is 3.95. The number of nitrogens with zero attached hydrogens (tertiary/aromatic N) is 2. The van der Waals surface area contributed by atoms with Crippen molar-refractivity contribution in [1.29, 1.82) is 0 Å².